The van der Waals surface area contributed by atoms with E-state index in [0.717, 1.165) is 24.8 Å². The van der Waals surface area contributed by atoms with Crippen molar-refractivity contribution in [1.29, 1.82) is 0 Å². The molecule has 0 heterocycles. The molecule has 2 unspecified atom stereocenters. The number of nitrogens with one attached hydrogen (secondary N) is 1. The summed E-state index contributed by atoms with van der Waals surface area (Å²) in [5, 5.41) is 3.10. The van der Waals surface area contributed by atoms with Crippen LogP contribution in [0.4, 0.5) is 8.78 Å². The van der Waals surface area contributed by atoms with Crippen LogP contribution in [-0.2, 0) is 0 Å². The summed E-state index contributed by atoms with van der Waals surface area (Å²) >= 11 is 0. The molecule has 1 aromatic carbocycles. The number of benzene rings is 1. The lowest BCUT2D eigenvalue weighted by Crippen LogP contribution is -2.57. The van der Waals surface area contributed by atoms with Crippen LogP contribution in [0.5, 0.6) is 0 Å². The van der Waals surface area contributed by atoms with Gasteiger partial charge in [-0.05, 0) is 24.9 Å². The molecule has 0 spiro atoms. The summed E-state index contributed by atoms with van der Waals surface area (Å²) in [5.41, 5.74) is 0.00685. The van der Waals surface area contributed by atoms with Gasteiger partial charge in [0.1, 0.15) is 0 Å². The summed E-state index contributed by atoms with van der Waals surface area (Å²) in [7, 11) is 0. The van der Waals surface area contributed by atoms with Crippen LogP contribution >= 0.6 is 0 Å². The molecule has 2 atom stereocenters. The normalized spacial score (nSPS) is 28.6. The summed E-state index contributed by atoms with van der Waals surface area (Å²) in [6.07, 6.45) is 1.03. The molecule has 1 aromatic rings. The minimum Gasteiger partial charge on any atom is -0.306 e. The first-order valence-corrected chi connectivity index (χ1v) is 6.79. The Morgan fingerprint density at radius 2 is 2.00 bits per heavy atom. The maximum atomic E-state index is 13.6. The van der Waals surface area contributed by atoms with E-state index in [9.17, 15) is 8.78 Å². The van der Waals surface area contributed by atoms with Crippen LogP contribution in [0.3, 0.4) is 0 Å². The Bertz CT molecular complexity index is 362. The summed E-state index contributed by atoms with van der Waals surface area (Å²) in [6.45, 7) is 2.49. The zero-order chi connectivity index (χ0) is 13.0. The SMILES string of the molecule is CCNC1(C(F)F)CCCCC1c1ccccc1. The molecule has 1 nitrogen and oxygen atoms in total. The summed E-state index contributed by atoms with van der Waals surface area (Å²) in [5.74, 6) is -0.0765. The fraction of sp³-hybridized carbons (Fsp3) is 0.600. The lowest BCUT2D eigenvalue weighted by molar-refractivity contribution is -0.00644. The first-order valence-electron chi connectivity index (χ1n) is 6.79. The van der Waals surface area contributed by atoms with Gasteiger partial charge in [0.05, 0.1) is 5.54 Å². The molecule has 1 aliphatic rings. The highest BCUT2D eigenvalue weighted by Gasteiger charge is 2.47. The largest absolute Gasteiger partial charge is 0.306 e. The third kappa shape index (κ3) is 2.41. The molecule has 3 heteroatoms. The van der Waals surface area contributed by atoms with Gasteiger partial charge in [0, 0.05) is 5.92 Å². The van der Waals surface area contributed by atoms with Gasteiger partial charge in [-0.15, -0.1) is 0 Å². The molecular weight excluding hydrogens is 232 g/mol. The number of hydrogen-bond donors (Lipinski definition) is 1. The number of likely N-dealkylation sites (N-methyl/N-ethyl adjacent to an activating group) is 1. The molecule has 1 saturated carbocycles. The number of hydrogen-bond acceptors (Lipinski definition) is 1. The van der Waals surface area contributed by atoms with E-state index in [1.54, 1.807) is 0 Å². The standard InChI is InChI=1S/C15H21F2N/c1-2-18-15(14(16)17)11-7-6-10-13(15)12-8-4-3-5-9-12/h3-5,8-9,13-14,18H,2,6-7,10-11H2,1H3. The van der Waals surface area contributed by atoms with Crippen molar-refractivity contribution in [3.05, 3.63) is 35.9 Å². The quantitative estimate of drug-likeness (QED) is 0.856. The van der Waals surface area contributed by atoms with E-state index in [1.807, 2.05) is 37.3 Å². The highest BCUT2D eigenvalue weighted by Crippen LogP contribution is 2.44. The van der Waals surface area contributed by atoms with E-state index < -0.39 is 12.0 Å². The molecule has 18 heavy (non-hydrogen) atoms. The van der Waals surface area contributed by atoms with Crippen LogP contribution in [-0.4, -0.2) is 18.5 Å². The van der Waals surface area contributed by atoms with Gasteiger partial charge < -0.3 is 5.32 Å². The van der Waals surface area contributed by atoms with E-state index in [4.69, 9.17) is 0 Å². The van der Waals surface area contributed by atoms with Crippen LogP contribution in [0.2, 0.25) is 0 Å². The Balaban J connectivity index is 2.34. The van der Waals surface area contributed by atoms with Crippen LogP contribution in [0.1, 0.15) is 44.1 Å². The van der Waals surface area contributed by atoms with Crippen LogP contribution < -0.4 is 5.32 Å². The molecule has 0 saturated heterocycles. The zero-order valence-corrected chi connectivity index (χ0v) is 10.8. The molecule has 2 rings (SSSR count). The number of halogens is 2. The Morgan fingerprint density at radius 3 is 2.61 bits per heavy atom. The van der Waals surface area contributed by atoms with Gasteiger partial charge in [-0.25, -0.2) is 8.78 Å². The Labute approximate surface area is 108 Å². The Hall–Kier alpha value is -0.960. The van der Waals surface area contributed by atoms with Gasteiger partial charge in [0.2, 0.25) is 0 Å². The van der Waals surface area contributed by atoms with E-state index in [0.29, 0.717) is 13.0 Å². The van der Waals surface area contributed by atoms with Crippen molar-refractivity contribution in [3.8, 4) is 0 Å². The average Bonchev–Trinajstić information content (AvgIpc) is 2.40. The monoisotopic (exact) mass is 253 g/mol. The highest BCUT2D eigenvalue weighted by atomic mass is 19.3. The maximum absolute atomic E-state index is 13.6. The van der Waals surface area contributed by atoms with Crippen molar-refractivity contribution in [3.63, 3.8) is 0 Å². The van der Waals surface area contributed by atoms with Crippen molar-refractivity contribution < 1.29 is 8.78 Å². The van der Waals surface area contributed by atoms with Gasteiger partial charge in [-0.1, -0.05) is 50.1 Å². The molecule has 0 aliphatic heterocycles. The lowest BCUT2D eigenvalue weighted by atomic mass is 9.69. The minimum atomic E-state index is -2.32. The third-order valence-corrected chi connectivity index (χ3v) is 4.05. The highest BCUT2D eigenvalue weighted by molar-refractivity contribution is 5.25. The summed E-state index contributed by atoms with van der Waals surface area (Å²) in [6, 6.07) is 9.76. The number of alkyl halides is 2. The van der Waals surface area contributed by atoms with E-state index >= 15 is 0 Å². The van der Waals surface area contributed by atoms with Crippen molar-refractivity contribution in [2.45, 2.75) is 50.5 Å². The van der Waals surface area contributed by atoms with Gasteiger partial charge >= 0.3 is 0 Å². The van der Waals surface area contributed by atoms with E-state index in [-0.39, 0.29) is 5.92 Å². The Kier molecular flexibility index (Phi) is 4.33. The second kappa shape index (κ2) is 5.79. The molecule has 1 aliphatic carbocycles. The number of rotatable bonds is 4. The molecule has 1 N–H and O–H groups in total. The predicted octanol–water partition coefficient (Wildman–Crippen LogP) is 3.96. The third-order valence-electron chi connectivity index (χ3n) is 4.05. The van der Waals surface area contributed by atoms with Crippen LogP contribution in [0, 0.1) is 0 Å². The van der Waals surface area contributed by atoms with Crippen molar-refractivity contribution in [2.75, 3.05) is 6.54 Å². The maximum Gasteiger partial charge on any atom is 0.257 e. The van der Waals surface area contributed by atoms with Crippen molar-refractivity contribution >= 4 is 0 Å². The molecular formula is C15H21F2N. The first kappa shape index (κ1) is 13.5. The van der Waals surface area contributed by atoms with Crippen molar-refractivity contribution in [2.24, 2.45) is 0 Å². The topological polar surface area (TPSA) is 12.0 Å². The van der Waals surface area contributed by atoms with Gasteiger partial charge in [0.15, 0.2) is 0 Å². The van der Waals surface area contributed by atoms with E-state index in [2.05, 4.69) is 5.32 Å². The molecule has 0 radical (unpaired) electrons. The molecule has 0 amide bonds. The predicted molar refractivity (Wildman–Crippen MR) is 70.1 cm³/mol. The van der Waals surface area contributed by atoms with Crippen LogP contribution in [0.15, 0.2) is 30.3 Å². The summed E-state index contributed by atoms with van der Waals surface area (Å²) < 4.78 is 27.3. The van der Waals surface area contributed by atoms with Gasteiger partial charge in [-0.3, -0.25) is 0 Å². The zero-order valence-electron chi connectivity index (χ0n) is 10.8. The smallest absolute Gasteiger partial charge is 0.257 e. The second-order valence-electron chi connectivity index (χ2n) is 5.08. The van der Waals surface area contributed by atoms with Gasteiger partial charge in [0.25, 0.3) is 6.43 Å². The average molecular weight is 253 g/mol. The second-order valence-corrected chi connectivity index (χ2v) is 5.08. The summed E-state index contributed by atoms with van der Waals surface area (Å²) in [4.78, 5) is 0. The molecule has 0 aromatic heterocycles. The fourth-order valence-corrected chi connectivity index (χ4v) is 3.23. The lowest BCUT2D eigenvalue weighted by Gasteiger charge is -2.44. The molecule has 100 valence electrons. The fourth-order valence-electron chi connectivity index (χ4n) is 3.23. The minimum absolute atomic E-state index is 0.0765. The molecule has 1 fully saturated rings. The Morgan fingerprint density at radius 1 is 1.28 bits per heavy atom. The van der Waals surface area contributed by atoms with Crippen LogP contribution in [0.25, 0.3) is 0 Å². The van der Waals surface area contributed by atoms with Crippen molar-refractivity contribution in [1.82, 2.24) is 5.32 Å². The molecule has 0 bridgehead atoms. The van der Waals surface area contributed by atoms with E-state index in [1.165, 1.54) is 0 Å². The first-order chi connectivity index (χ1) is 8.70. The van der Waals surface area contributed by atoms with Gasteiger partial charge in [-0.2, -0.15) is 0 Å².